The number of benzene rings is 1. The molecule has 0 saturated carbocycles. The standard InChI is InChI=1S/C10H10ClFN4O/c1-16-14-10(13-15-16)5-9(17)7-3-2-6(11)4-8(7)12/h2-4,9,17H,5H2,1H3. The number of hydrogen-bond donors (Lipinski definition) is 1. The monoisotopic (exact) mass is 256 g/mol. The van der Waals surface area contributed by atoms with E-state index < -0.39 is 11.9 Å². The molecule has 0 bridgehead atoms. The highest BCUT2D eigenvalue weighted by Gasteiger charge is 2.16. The molecule has 0 amide bonds. The molecule has 2 aromatic rings. The van der Waals surface area contributed by atoms with Gasteiger partial charge in [0.1, 0.15) is 5.82 Å². The van der Waals surface area contributed by atoms with Crippen molar-refractivity contribution >= 4 is 11.6 Å². The number of aromatic nitrogens is 4. The van der Waals surface area contributed by atoms with Gasteiger partial charge < -0.3 is 5.11 Å². The predicted octanol–water partition coefficient (Wildman–Crippen LogP) is 1.28. The van der Waals surface area contributed by atoms with Crippen LogP contribution >= 0.6 is 11.6 Å². The van der Waals surface area contributed by atoms with E-state index in [1.54, 1.807) is 7.05 Å². The van der Waals surface area contributed by atoms with Gasteiger partial charge in [0.05, 0.1) is 13.2 Å². The zero-order valence-corrected chi connectivity index (χ0v) is 9.76. The van der Waals surface area contributed by atoms with Gasteiger partial charge in [0.25, 0.3) is 0 Å². The third kappa shape index (κ3) is 2.78. The lowest BCUT2D eigenvalue weighted by atomic mass is 10.1. The second-order valence-electron chi connectivity index (χ2n) is 3.58. The fourth-order valence-electron chi connectivity index (χ4n) is 1.46. The second-order valence-corrected chi connectivity index (χ2v) is 4.02. The minimum atomic E-state index is -1.02. The van der Waals surface area contributed by atoms with Crippen LogP contribution in [0, 0.1) is 5.82 Å². The van der Waals surface area contributed by atoms with Crippen LogP contribution in [0.2, 0.25) is 5.02 Å². The van der Waals surface area contributed by atoms with Crippen LogP contribution in [-0.2, 0) is 13.5 Å². The van der Waals surface area contributed by atoms with Crippen LogP contribution in [0.1, 0.15) is 17.5 Å². The zero-order chi connectivity index (χ0) is 12.4. The average molecular weight is 257 g/mol. The fraction of sp³-hybridized carbons (Fsp3) is 0.300. The SMILES string of the molecule is Cn1nnc(CC(O)c2ccc(Cl)cc2F)n1. The molecule has 17 heavy (non-hydrogen) atoms. The maximum atomic E-state index is 13.5. The zero-order valence-electron chi connectivity index (χ0n) is 9.01. The Bertz CT molecular complexity index is 531. The van der Waals surface area contributed by atoms with E-state index in [-0.39, 0.29) is 17.0 Å². The fourth-order valence-corrected chi connectivity index (χ4v) is 1.62. The molecule has 1 atom stereocenters. The molecule has 1 aromatic carbocycles. The highest BCUT2D eigenvalue weighted by molar-refractivity contribution is 6.30. The molecule has 0 spiro atoms. The molecule has 2 rings (SSSR count). The summed E-state index contributed by atoms with van der Waals surface area (Å²) in [5, 5.41) is 21.4. The van der Waals surface area contributed by atoms with Crippen molar-refractivity contribution in [3.05, 3.63) is 40.4 Å². The number of nitrogens with zero attached hydrogens (tertiary/aromatic N) is 4. The molecule has 0 aliphatic rings. The Morgan fingerprint density at radius 2 is 2.29 bits per heavy atom. The Labute approximate surface area is 102 Å². The Hall–Kier alpha value is -1.53. The van der Waals surface area contributed by atoms with Gasteiger partial charge in [-0.25, -0.2) is 4.39 Å². The van der Waals surface area contributed by atoms with E-state index >= 15 is 0 Å². The molecule has 90 valence electrons. The number of aryl methyl sites for hydroxylation is 1. The lowest BCUT2D eigenvalue weighted by molar-refractivity contribution is 0.171. The van der Waals surface area contributed by atoms with Gasteiger partial charge in [0.2, 0.25) is 0 Å². The van der Waals surface area contributed by atoms with Gasteiger partial charge in [-0.3, -0.25) is 0 Å². The summed E-state index contributed by atoms with van der Waals surface area (Å²) in [7, 11) is 1.62. The smallest absolute Gasteiger partial charge is 0.177 e. The maximum Gasteiger partial charge on any atom is 0.177 e. The van der Waals surface area contributed by atoms with E-state index in [2.05, 4.69) is 15.4 Å². The first-order valence-electron chi connectivity index (χ1n) is 4.92. The van der Waals surface area contributed by atoms with E-state index in [1.165, 1.54) is 16.9 Å². The van der Waals surface area contributed by atoms with Crippen molar-refractivity contribution in [2.24, 2.45) is 7.05 Å². The van der Waals surface area contributed by atoms with Gasteiger partial charge in [0.15, 0.2) is 5.82 Å². The summed E-state index contributed by atoms with van der Waals surface area (Å²) in [6.45, 7) is 0. The van der Waals surface area contributed by atoms with Crippen LogP contribution in [0.3, 0.4) is 0 Å². The lowest BCUT2D eigenvalue weighted by Crippen LogP contribution is -2.06. The van der Waals surface area contributed by atoms with Crippen molar-refractivity contribution in [1.29, 1.82) is 0 Å². The minimum Gasteiger partial charge on any atom is -0.388 e. The summed E-state index contributed by atoms with van der Waals surface area (Å²) < 4.78 is 13.5. The average Bonchev–Trinajstić information content (AvgIpc) is 2.63. The van der Waals surface area contributed by atoms with Crippen LogP contribution in [0.4, 0.5) is 4.39 Å². The van der Waals surface area contributed by atoms with E-state index in [9.17, 15) is 9.50 Å². The summed E-state index contributed by atoms with van der Waals surface area (Å²) in [6.07, 6.45) is -0.914. The van der Waals surface area contributed by atoms with E-state index in [0.717, 1.165) is 6.07 Å². The topological polar surface area (TPSA) is 63.8 Å². The van der Waals surface area contributed by atoms with Gasteiger partial charge in [-0.1, -0.05) is 17.7 Å². The molecule has 1 unspecified atom stereocenters. The molecule has 7 heteroatoms. The quantitative estimate of drug-likeness (QED) is 0.899. The maximum absolute atomic E-state index is 13.5. The minimum absolute atomic E-state index is 0.104. The normalized spacial score (nSPS) is 12.7. The van der Waals surface area contributed by atoms with Crippen molar-refractivity contribution in [2.45, 2.75) is 12.5 Å². The largest absolute Gasteiger partial charge is 0.388 e. The van der Waals surface area contributed by atoms with Crippen LogP contribution in [-0.4, -0.2) is 25.3 Å². The highest BCUT2D eigenvalue weighted by Crippen LogP contribution is 2.22. The van der Waals surface area contributed by atoms with Gasteiger partial charge in [-0.05, 0) is 17.3 Å². The van der Waals surface area contributed by atoms with Gasteiger partial charge >= 0.3 is 0 Å². The van der Waals surface area contributed by atoms with Gasteiger partial charge in [-0.2, -0.15) is 4.80 Å². The van der Waals surface area contributed by atoms with Crippen LogP contribution in [0.15, 0.2) is 18.2 Å². The first-order valence-corrected chi connectivity index (χ1v) is 5.30. The molecular formula is C10H10ClFN4O. The van der Waals surface area contributed by atoms with E-state index in [0.29, 0.717) is 5.82 Å². The van der Waals surface area contributed by atoms with Crippen LogP contribution in [0.25, 0.3) is 0 Å². The van der Waals surface area contributed by atoms with Crippen LogP contribution in [0.5, 0.6) is 0 Å². The predicted molar refractivity (Wildman–Crippen MR) is 58.9 cm³/mol. The first kappa shape index (κ1) is 11.9. The summed E-state index contributed by atoms with van der Waals surface area (Å²) in [5.41, 5.74) is 0.168. The molecule has 5 nitrogen and oxygen atoms in total. The number of halogens is 2. The van der Waals surface area contributed by atoms with Crippen molar-refractivity contribution < 1.29 is 9.50 Å². The molecule has 0 fully saturated rings. The lowest BCUT2D eigenvalue weighted by Gasteiger charge is -2.09. The molecule has 0 aliphatic carbocycles. The number of aliphatic hydroxyl groups excluding tert-OH is 1. The number of rotatable bonds is 3. The summed E-state index contributed by atoms with van der Waals surface area (Å²) in [6, 6.07) is 4.12. The molecule has 0 saturated heterocycles. The summed E-state index contributed by atoms with van der Waals surface area (Å²) >= 11 is 5.63. The highest BCUT2D eigenvalue weighted by atomic mass is 35.5. The second kappa shape index (κ2) is 4.77. The van der Waals surface area contributed by atoms with Crippen molar-refractivity contribution in [3.8, 4) is 0 Å². The molecule has 1 N–H and O–H groups in total. The Balaban J connectivity index is 2.17. The molecule has 1 heterocycles. The van der Waals surface area contributed by atoms with Crippen molar-refractivity contribution in [3.63, 3.8) is 0 Å². The van der Waals surface area contributed by atoms with Crippen LogP contribution < -0.4 is 0 Å². The number of hydrogen-bond acceptors (Lipinski definition) is 4. The Kier molecular flexibility index (Phi) is 3.35. The third-order valence-corrected chi connectivity index (χ3v) is 2.48. The Morgan fingerprint density at radius 1 is 1.53 bits per heavy atom. The van der Waals surface area contributed by atoms with Crippen molar-refractivity contribution in [2.75, 3.05) is 0 Å². The van der Waals surface area contributed by atoms with E-state index in [1.807, 2.05) is 0 Å². The number of aliphatic hydroxyl groups is 1. The van der Waals surface area contributed by atoms with Crippen molar-refractivity contribution in [1.82, 2.24) is 20.2 Å². The molecule has 1 aromatic heterocycles. The molecule has 0 aliphatic heterocycles. The van der Waals surface area contributed by atoms with Gasteiger partial charge in [-0.15, -0.1) is 10.2 Å². The summed E-state index contributed by atoms with van der Waals surface area (Å²) in [5.74, 6) is -0.191. The summed E-state index contributed by atoms with van der Waals surface area (Å²) in [4.78, 5) is 1.28. The van der Waals surface area contributed by atoms with E-state index in [4.69, 9.17) is 11.6 Å². The first-order chi connectivity index (χ1) is 8.06. The number of tetrazole rings is 1. The molecular weight excluding hydrogens is 247 g/mol. The molecule has 0 radical (unpaired) electrons. The Morgan fingerprint density at radius 3 is 2.88 bits per heavy atom. The third-order valence-electron chi connectivity index (χ3n) is 2.25. The van der Waals surface area contributed by atoms with Gasteiger partial charge in [0, 0.05) is 17.0 Å².